The highest BCUT2D eigenvalue weighted by Gasteiger charge is 2.30. The standard InChI is InChI=1S/C19H23N3O6/c1-4-27-18(25)16-12(3)21-19(26)22-14(16)10-28-15(23)9-20-17(24)13-7-5-6-11(2)8-13/h5-8,12H,4,9-10H2,1-3H3,(H,20,24)(H2,21,22,26). The molecule has 1 aliphatic heterocycles. The number of hydrogen-bond donors (Lipinski definition) is 3. The topological polar surface area (TPSA) is 123 Å². The number of rotatable bonds is 7. The first kappa shape index (κ1) is 20.9. The fourth-order valence-electron chi connectivity index (χ4n) is 2.64. The van der Waals surface area contributed by atoms with Crippen molar-refractivity contribution in [2.45, 2.75) is 26.8 Å². The Kier molecular flexibility index (Phi) is 7.14. The van der Waals surface area contributed by atoms with E-state index in [4.69, 9.17) is 9.47 Å². The monoisotopic (exact) mass is 389 g/mol. The molecule has 0 aliphatic carbocycles. The molecule has 28 heavy (non-hydrogen) atoms. The maximum absolute atomic E-state index is 12.1. The Morgan fingerprint density at radius 3 is 2.64 bits per heavy atom. The van der Waals surface area contributed by atoms with E-state index < -0.39 is 29.9 Å². The van der Waals surface area contributed by atoms with Crippen LogP contribution in [0.2, 0.25) is 0 Å². The second kappa shape index (κ2) is 9.54. The molecule has 0 radical (unpaired) electrons. The Labute approximate surface area is 162 Å². The molecule has 3 amide bonds. The highest BCUT2D eigenvalue weighted by Crippen LogP contribution is 2.14. The van der Waals surface area contributed by atoms with Crippen molar-refractivity contribution >= 4 is 23.9 Å². The molecule has 1 atom stereocenters. The van der Waals surface area contributed by atoms with Crippen LogP contribution < -0.4 is 16.0 Å². The van der Waals surface area contributed by atoms with Gasteiger partial charge >= 0.3 is 18.0 Å². The van der Waals surface area contributed by atoms with Crippen molar-refractivity contribution < 1.29 is 28.7 Å². The molecule has 0 fully saturated rings. The van der Waals surface area contributed by atoms with Crippen molar-refractivity contribution in [3.8, 4) is 0 Å². The third kappa shape index (κ3) is 5.57. The molecule has 9 nitrogen and oxygen atoms in total. The van der Waals surface area contributed by atoms with Crippen LogP contribution in [-0.4, -0.2) is 49.7 Å². The summed E-state index contributed by atoms with van der Waals surface area (Å²) in [5.74, 6) is -1.73. The molecule has 3 N–H and O–H groups in total. The number of esters is 2. The molecule has 1 unspecified atom stereocenters. The summed E-state index contributed by atoms with van der Waals surface area (Å²) in [7, 11) is 0. The van der Waals surface area contributed by atoms with Crippen LogP contribution in [0.25, 0.3) is 0 Å². The van der Waals surface area contributed by atoms with E-state index in [1.54, 1.807) is 32.0 Å². The number of aryl methyl sites for hydroxylation is 1. The fraction of sp³-hybridized carbons (Fsp3) is 0.368. The Balaban J connectivity index is 1.95. The lowest BCUT2D eigenvalue weighted by atomic mass is 10.0. The maximum atomic E-state index is 12.1. The highest BCUT2D eigenvalue weighted by molar-refractivity contribution is 5.96. The van der Waals surface area contributed by atoms with Gasteiger partial charge in [-0.2, -0.15) is 0 Å². The third-order valence-electron chi connectivity index (χ3n) is 3.92. The first-order valence-electron chi connectivity index (χ1n) is 8.80. The van der Waals surface area contributed by atoms with Gasteiger partial charge < -0.3 is 25.4 Å². The van der Waals surface area contributed by atoms with Crippen molar-refractivity contribution in [2.75, 3.05) is 19.8 Å². The Morgan fingerprint density at radius 2 is 1.96 bits per heavy atom. The van der Waals surface area contributed by atoms with Gasteiger partial charge in [0.05, 0.1) is 23.9 Å². The number of hydrogen-bond acceptors (Lipinski definition) is 6. The van der Waals surface area contributed by atoms with Crippen LogP contribution in [0, 0.1) is 6.92 Å². The molecule has 2 rings (SSSR count). The van der Waals surface area contributed by atoms with Gasteiger partial charge in [-0.15, -0.1) is 0 Å². The molecule has 1 aromatic carbocycles. The Morgan fingerprint density at radius 1 is 1.21 bits per heavy atom. The average Bonchev–Trinajstić information content (AvgIpc) is 2.64. The molecule has 0 saturated carbocycles. The predicted octanol–water partition coefficient (Wildman–Crippen LogP) is 0.787. The zero-order chi connectivity index (χ0) is 20.7. The first-order valence-corrected chi connectivity index (χ1v) is 8.80. The molecule has 150 valence electrons. The van der Waals surface area contributed by atoms with Crippen molar-refractivity contribution in [2.24, 2.45) is 0 Å². The molecule has 1 aliphatic rings. The summed E-state index contributed by atoms with van der Waals surface area (Å²) in [5.41, 5.74) is 1.68. The fourth-order valence-corrected chi connectivity index (χ4v) is 2.64. The average molecular weight is 389 g/mol. The predicted molar refractivity (Wildman–Crippen MR) is 99.3 cm³/mol. The van der Waals surface area contributed by atoms with Crippen LogP contribution in [0.4, 0.5) is 4.79 Å². The minimum absolute atomic E-state index is 0.146. The van der Waals surface area contributed by atoms with Gasteiger partial charge in [-0.1, -0.05) is 17.7 Å². The van der Waals surface area contributed by atoms with Gasteiger partial charge in [-0.25, -0.2) is 9.59 Å². The molecule has 9 heteroatoms. The molecule has 0 saturated heterocycles. The van der Waals surface area contributed by atoms with Crippen LogP contribution >= 0.6 is 0 Å². The largest absolute Gasteiger partial charge is 0.463 e. The van der Waals surface area contributed by atoms with Crippen molar-refractivity contribution in [3.05, 3.63) is 46.7 Å². The summed E-state index contributed by atoms with van der Waals surface area (Å²) in [5, 5.41) is 7.46. The van der Waals surface area contributed by atoms with E-state index in [2.05, 4.69) is 16.0 Å². The Bertz CT molecular complexity index is 818. The van der Waals surface area contributed by atoms with E-state index in [1.807, 2.05) is 13.0 Å². The van der Waals surface area contributed by atoms with Gasteiger partial charge in [0.25, 0.3) is 5.91 Å². The van der Waals surface area contributed by atoms with Crippen LogP contribution in [0.5, 0.6) is 0 Å². The van der Waals surface area contributed by atoms with E-state index in [0.717, 1.165) is 5.56 Å². The second-order valence-electron chi connectivity index (χ2n) is 6.15. The number of carbonyl (C=O) groups is 4. The van der Waals surface area contributed by atoms with Gasteiger partial charge in [0, 0.05) is 5.56 Å². The summed E-state index contributed by atoms with van der Waals surface area (Å²) in [4.78, 5) is 47.8. The zero-order valence-corrected chi connectivity index (χ0v) is 16.0. The van der Waals surface area contributed by atoms with E-state index in [9.17, 15) is 19.2 Å². The summed E-state index contributed by atoms with van der Waals surface area (Å²) < 4.78 is 10.1. The van der Waals surface area contributed by atoms with Crippen molar-refractivity contribution in [1.82, 2.24) is 16.0 Å². The normalized spacial score (nSPS) is 16.0. The van der Waals surface area contributed by atoms with Gasteiger partial charge in [-0.3, -0.25) is 9.59 Å². The molecule has 0 bridgehead atoms. The number of amides is 3. The quantitative estimate of drug-likeness (QED) is 0.593. The lowest BCUT2D eigenvalue weighted by Crippen LogP contribution is -2.50. The molecule has 0 aromatic heterocycles. The third-order valence-corrected chi connectivity index (χ3v) is 3.92. The molecule has 0 spiro atoms. The van der Waals surface area contributed by atoms with E-state index in [1.165, 1.54) is 0 Å². The number of benzene rings is 1. The second-order valence-corrected chi connectivity index (χ2v) is 6.15. The minimum atomic E-state index is -0.711. The smallest absolute Gasteiger partial charge is 0.338 e. The Hall–Kier alpha value is -3.36. The van der Waals surface area contributed by atoms with Gasteiger partial charge in [0.15, 0.2) is 0 Å². The van der Waals surface area contributed by atoms with Gasteiger partial charge in [-0.05, 0) is 32.9 Å². The van der Waals surface area contributed by atoms with Gasteiger partial charge in [0.2, 0.25) is 0 Å². The SMILES string of the molecule is CCOC(=O)C1=C(COC(=O)CNC(=O)c2cccc(C)c2)NC(=O)NC1C. The summed E-state index contributed by atoms with van der Waals surface area (Å²) in [6.07, 6.45) is 0. The zero-order valence-electron chi connectivity index (χ0n) is 16.0. The summed E-state index contributed by atoms with van der Waals surface area (Å²) >= 11 is 0. The first-order chi connectivity index (χ1) is 13.3. The van der Waals surface area contributed by atoms with Crippen LogP contribution in [0.15, 0.2) is 35.5 Å². The lowest BCUT2D eigenvalue weighted by Gasteiger charge is -2.26. The lowest BCUT2D eigenvalue weighted by molar-refractivity contribution is -0.142. The van der Waals surface area contributed by atoms with Crippen LogP contribution in [-0.2, 0) is 19.1 Å². The van der Waals surface area contributed by atoms with E-state index in [-0.39, 0.29) is 31.0 Å². The van der Waals surface area contributed by atoms with Crippen molar-refractivity contribution in [1.29, 1.82) is 0 Å². The number of ether oxygens (including phenoxy) is 2. The maximum Gasteiger partial charge on any atom is 0.338 e. The summed E-state index contributed by atoms with van der Waals surface area (Å²) in [6, 6.07) is 5.82. The van der Waals surface area contributed by atoms with E-state index in [0.29, 0.717) is 5.56 Å². The number of nitrogens with one attached hydrogen (secondary N) is 3. The van der Waals surface area contributed by atoms with Crippen LogP contribution in [0.3, 0.4) is 0 Å². The molecule has 1 aromatic rings. The van der Waals surface area contributed by atoms with E-state index >= 15 is 0 Å². The number of carbonyl (C=O) groups excluding carboxylic acids is 4. The molecular weight excluding hydrogens is 366 g/mol. The van der Waals surface area contributed by atoms with Crippen LogP contribution in [0.1, 0.15) is 29.8 Å². The number of urea groups is 1. The highest BCUT2D eigenvalue weighted by atomic mass is 16.5. The van der Waals surface area contributed by atoms with Crippen molar-refractivity contribution in [3.63, 3.8) is 0 Å². The van der Waals surface area contributed by atoms with Gasteiger partial charge in [0.1, 0.15) is 13.2 Å². The molecular formula is C19H23N3O6. The molecule has 1 heterocycles. The minimum Gasteiger partial charge on any atom is -0.463 e. The summed E-state index contributed by atoms with van der Waals surface area (Å²) in [6.45, 7) is 4.63.